The van der Waals surface area contributed by atoms with Gasteiger partial charge >= 0.3 is 12.0 Å². The Morgan fingerprint density at radius 1 is 1.05 bits per heavy atom. The molecular formula is C31H39N3O4. The lowest BCUT2D eigenvalue weighted by Gasteiger charge is -2.37. The van der Waals surface area contributed by atoms with Gasteiger partial charge in [0.1, 0.15) is 5.60 Å². The fourth-order valence-electron chi connectivity index (χ4n) is 5.12. The number of fused-ring (bicyclic) bond motifs is 3. The summed E-state index contributed by atoms with van der Waals surface area (Å²) in [5.41, 5.74) is 4.48. The number of rotatable bonds is 6. The maximum atomic E-state index is 13.5. The number of hydrogen-bond donors (Lipinski definition) is 0. The number of hydrogen-bond acceptors (Lipinski definition) is 4. The summed E-state index contributed by atoms with van der Waals surface area (Å²) in [6, 6.07) is 15.6. The van der Waals surface area contributed by atoms with Crippen LogP contribution in [0, 0.1) is 0 Å². The highest BCUT2D eigenvalue weighted by Gasteiger charge is 2.34. The number of benzene rings is 2. The van der Waals surface area contributed by atoms with Crippen molar-refractivity contribution >= 4 is 28.8 Å². The smallest absolute Gasteiger partial charge is 0.338 e. The molecule has 4 rings (SSSR count). The molecule has 7 heteroatoms. The van der Waals surface area contributed by atoms with Gasteiger partial charge in [-0.1, -0.05) is 43.7 Å². The molecule has 0 fully saturated rings. The molecule has 2 heterocycles. The molecule has 0 saturated heterocycles. The number of imide groups is 1. The fourth-order valence-corrected chi connectivity index (χ4v) is 5.12. The Hall–Kier alpha value is -3.61. The van der Waals surface area contributed by atoms with E-state index in [1.807, 2.05) is 49.9 Å². The van der Waals surface area contributed by atoms with E-state index in [1.165, 1.54) is 22.8 Å². The normalized spacial score (nSPS) is 15.3. The molecule has 0 aliphatic carbocycles. The number of unbranched alkanes of at least 4 members (excludes halogenated alkanes) is 1. The van der Waals surface area contributed by atoms with Crippen LogP contribution in [0.2, 0.25) is 0 Å². The van der Waals surface area contributed by atoms with E-state index in [9.17, 15) is 14.4 Å². The van der Waals surface area contributed by atoms with Gasteiger partial charge in [0.05, 0.1) is 12.1 Å². The largest absolute Gasteiger partial charge is 0.456 e. The predicted molar refractivity (Wildman–Crippen MR) is 149 cm³/mol. The van der Waals surface area contributed by atoms with Crippen molar-refractivity contribution in [3.05, 3.63) is 70.9 Å². The number of para-hydroxylation sites is 1. The number of carbonyl (C=O) groups excluding carboxylic acids is 3. The van der Waals surface area contributed by atoms with Crippen LogP contribution in [0.25, 0.3) is 10.9 Å². The third-order valence-electron chi connectivity index (χ3n) is 7.07. The molecule has 0 radical (unpaired) electrons. The Morgan fingerprint density at radius 2 is 1.74 bits per heavy atom. The number of amides is 3. The molecule has 0 spiro atoms. The lowest BCUT2D eigenvalue weighted by Crippen LogP contribution is -2.51. The molecule has 3 amide bonds. The van der Waals surface area contributed by atoms with Crippen LogP contribution in [0.1, 0.15) is 81.6 Å². The predicted octanol–water partition coefficient (Wildman–Crippen LogP) is 6.16. The monoisotopic (exact) mass is 517 g/mol. The zero-order valence-electron chi connectivity index (χ0n) is 23.4. The average Bonchev–Trinajstić information content (AvgIpc) is 3.15. The van der Waals surface area contributed by atoms with E-state index in [4.69, 9.17) is 4.74 Å². The molecule has 0 bridgehead atoms. The van der Waals surface area contributed by atoms with Crippen molar-refractivity contribution in [3.8, 4) is 0 Å². The number of ether oxygens (including phenoxy) is 1. The summed E-state index contributed by atoms with van der Waals surface area (Å²) >= 11 is 0. The maximum Gasteiger partial charge on any atom is 0.338 e. The minimum Gasteiger partial charge on any atom is -0.456 e. The van der Waals surface area contributed by atoms with Gasteiger partial charge in [-0.25, -0.2) is 9.59 Å². The van der Waals surface area contributed by atoms with Crippen molar-refractivity contribution in [3.63, 3.8) is 0 Å². The van der Waals surface area contributed by atoms with Crippen LogP contribution < -0.4 is 0 Å². The van der Waals surface area contributed by atoms with Crippen molar-refractivity contribution < 1.29 is 19.1 Å². The number of esters is 1. The summed E-state index contributed by atoms with van der Waals surface area (Å²) in [6.45, 7) is 12.6. The third-order valence-corrected chi connectivity index (χ3v) is 7.07. The van der Waals surface area contributed by atoms with Gasteiger partial charge in [-0.3, -0.25) is 9.69 Å². The van der Waals surface area contributed by atoms with E-state index in [2.05, 4.69) is 30.5 Å². The third kappa shape index (κ3) is 5.77. The topological polar surface area (TPSA) is 71.9 Å². The summed E-state index contributed by atoms with van der Waals surface area (Å²) in [7, 11) is 0. The van der Waals surface area contributed by atoms with Crippen molar-refractivity contribution in [1.29, 1.82) is 0 Å². The number of urea groups is 1. The highest BCUT2D eigenvalue weighted by molar-refractivity contribution is 5.94. The second-order valence-electron chi connectivity index (χ2n) is 11.2. The van der Waals surface area contributed by atoms with E-state index >= 15 is 0 Å². The standard InChI is InChI=1S/C31H39N3O4/c1-7-8-17-32(22(3)35)30(37)33-20-28-26(18-21(33)2)25-11-9-10-12-27(25)34(28)19-23-13-15-24(16-14-23)29(36)38-31(4,5)6/h9-16,21H,7-8,17-20H2,1-6H3. The Morgan fingerprint density at radius 3 is 2.37 bits per heavy atom. The van der Waals surface area contributed by atoms with Crippen LogP contribution in [-0.4, -0.2) is 50.5 Å². The molecule has 38 heavy (non-hydrogen) atoms. The maximum absolute atomic E-state index is 13.5. The number of carbonyl (C=O) groups is 3. The first kappa shape index (κ1) is 27.4. The van der Waals surface area contributed by atoms with Gasteiger partial charge in [-0.05, 0) is 69.9 Å². The highest BCUT2D eigenvalue weighted by Crippen LogP contribution is 2.34. The Balaban J connectivity index is 1.65. The van der Waals surface area contributed by atoms with E-state index < -0.39 is 5.60 Å². The molecule has 1 aromatic heterocycles. The molecule has 1 unspecified atom stereocenters. The van der Waals surface area contributed by atoms with Gasteiger partial charge in [0.25, 0.3) is 0 Å². The van der Waals surface area contributed by atoms with Crippen molar-refractivity contribution in [2.75, 3.05) is 6.54 Å². The van der Waals surface area contributed by atoms with Crippen LogP contribution in [0.5, 0.6) is 0 Å². The SMILES string of the molecule is CCCCN(C(C)=O)C(=O)N1Cc2c(c3ccccc3n2Cc2ccc(C(=O)OC(C)(C)C)cc2)CC1C. The fraction of sp³-hybridized carbons (Fsp3) is 0.452. The van der Waals surface area contributed by atoms with Crippen molar-refractivity contribution in [1.82, 2.24) is 14.4 Å². The van der Waals surface area contributed by atoms with Crippen molar-refractivity contribution in [2.45, 2.75) is 85.5 Å². The molecule has 2 aromatic carbocycles. The van der Waals surface area contributed by atoms with E-state index in [0.29, 0.717) is 25.2 Å². The summed E-state index contributed by atoms with van der Waals surface area (Å²) < 4.78 is 7.76. The summed E-state index contributed by atoms with van der Waals surface area (Å²) in [5, 5.41) is 1.20. The van der Waals surface area contributed by atoms with Gasteiger partial charge in [0.2, 0.25) is 5.91 Å². The van der Waals surface area contributed by atoms with Gasteiger partial charge in [0.15, 0.2) is 0 Å². The minimum atomic E-state index is -0.548. The summed E-state index contributed by atoms with van der Waals surface area (Å²) in [5.74, 6) is -0.554. The van der Waals surface area contributed by atoms with Crippen molar-refractivity contribution in [2.24, 2.45) is 0 Å². The highest BCUT2D eigenvalue weighted by atomic mass is 16.6. The first-order valence-electron chi connectivity index (χ1n) is 13.5. The van der Waals surface area contributed by atoms with Crippen LogP contribution in [0.3, 0.4) is 0 Å². The lowest BCUT2D eigenvalue weighted by atomic mass is 9.98. The second-order valence-corrected chi connectivity index (χ2v) is 11.2. The van der Waals surface area contributed by atoms with E-state index in [0.717, 1.165) is 36.0 Å². The zero-order chi connectivity index (χ0) is 27.6. The molecule has 7 nitrogen and oxygen atoms in total. The molecule has 202 valence electrons. The van der Waals surface area contributed by atoms with E-state index in [1.54, 1.807) is 12.1 Å². The first-order chi connectivity index (χ1) is 18.0. The van der Waals surface area contributed by atoms with Gasteiger partial charge in [-0.15, -0.1) is 0 Å². The minimum absolute atomic E-state index is 0.0224. The Labute approximate surface area is 225 Å². The molecular weight excluding hydrogens is 478 g/mol. The van der Waals surface area contributed by atoms with Gasteiger partial charge in [0, 0.05) is 42.7 Å². The number of aromatic nitrogens is 1. The van der Waals surface area contributed by atoms with Crippen LogP contribution in [0.15, 0.2) is 48.5 Å². The molecule has 0 saturated carbocycles. The molecule has 0 N–H and O–H groups in total. The van der Waals surface area contributed by atoms with Crippen LogP contribution in [-0.2, 0) is 29.0 Å². The summed E-state index contributed by atoms with van der Waals surface area (Å²) in [6.07, 6.45) is 2.43. The molecule has 3 aromatic rings. The van der Waals surface area contributed by atoms with Gasteiger partial charge in [-0.2, -0.15) is 0 Å². The second kappa shape index (κ2) is 11.0. The summed E-state index contributed by atoms with van der Waals surface area (Å²) in [4.78, 5) is 41.5. The zero-order valence-corrected chi connectivity index (χ0v) is 23.4. The van der Waals surface area contributed by atoms with E-state index in [-0.39, 0.29) is 23.9 Å². The first-order valence-corrected chi connectivity index (χ1v) is 13.5. The Kier molecular flexibility index (Phi) is 7.95. The Bertz CT molecular complexity index is 1330. The van der Waals surface area contributed by atoms with Gasteiger partial charge < -0.3 is 14.2 Å². The number of nitrogens with zero attached hydrogens (tertiary/aromatic N) is 3. The molecule has 1 aliphatic heterocycles. The molecule has 1 atom stereocenters. The average molecular weight is 518 g/mol. The molecule has 1 aliphatic rings. The quantitative estimate of drug-likeness (QED) is 0.367. The lowest BCUT2D eigenvalue weighted by molar-refractivity contribution is -0.126. The van der Waals surface area contributed by atoms with Crippen LogP contribution >= 0.6 is 0 Å². The van der Waals surface area contributed by atoms with Crippen LogP contribution in [0.4, 0.5) is 4.79 Å².